The number of halogens is 1. The van der Waals surface area contributed by atoms with E-state index in [0.717, 1.165) is 0 Å². The first-order valence-corrected chi connectivity index (χ1v) is 3.62. The predicted molar refractivity (Wildman–Crippen MR) is 38.8 cm³/mol. The highest BCUT2D eigenvalue weighted by Crippen LogP contribution is 1.84. The lowest BCUT2D eigenvalue weighted by atomic mass is 10.4. The summed E-state index contributed by atoms with van der Waals surface area (Å²) in [7, 11) is 0. The summed E-state index contributed by atoms with van der Waals surface area (Å²) >= 11 is 5.25. The third-order valence-corrected chi connectivity index (χ3v) is 1.11. The molecule has 4 heteroatoms. The number of rotatable bonds is 3. The van der Waals surface area contributed by atoms with E-state index in [9.17, 15) is 9.59 Å². The molecule has 0 radical (unpaired) electrons. The first-order valence-electron chi connectivity index (χ1n) is 3.09. The first kappa shape index (κ1) is 9.43. The van der Waals surface area contributed by atoms with Crippen LogP contribution in [-0.2, 0) is 9.59 Å². The molecule has 2 amide bonds. The Morgan fingerprint density at radius 2 is 2.00 bits per heavy atom. The zero-order valence-electron chi connectivity index (χ0n) is 5.82. The Kier molecular flexibility index (Phi) is 4.94. The third-order valence-electron chi connectivity index (χ3n) is 0.922. The molecule has 0 rings (SSSR count). The molecule has 0 heterocycles. The SMILES string of the molecule is CCC(=O)NC(=O)CCCl. The molecule has 0 bridgehead atoms. The van der Waals surface area contributed by atoms with Gasteiger partial charge in [-0.1, -0.05) is 6.92 Å². The van der Waals surface area contributed by atoms with Crippen molar-refractivity contribution in [2.24, 2.45) is 0 Å². The van der Waals surface area contributed by atoms with Gasteiger partial charge in [-0.2, -0.15) is 0 Å². The van der Waals surface area contributed by atoms with Crippen molar-refractivity contribution in [2.75, 3.05) is 5.88 Å². The van der Waals surface area contributed by atoms with Gasteiger partial charge in [-0.15, -0.1) is 11.6 Å². The van der Waals surface area contributed by atoms with E-state index in [0.29, 0.717) is 6.42 Å². The van der Waals surface area contributed by atoms with Crippen molar-refractivity contribution in [3.8, 4) is 0 Å². The Bertz CT molecular complexity index is 136. The molecule has 0 saturated carbocycles. The second-order valence-electron chi connectivity index (χ2n) is 1.76. The lowest BCUT2D eigenvalue weighted by Gasteiger charge is -1.97. The van der Waals surface area contributed by atoms with Gasteiger partial charge in [0, 0.05) is 18.7 Å². The molecule has 0 aliphatic rings. The molecular formula is C6H10ClNO2. The summed E-state index contributed by atoms with van der Waals surface area (Å²) < 4.78 is 0. The summed E-state index contributed by atoms with van der Waals surface area (Å²) in [6.07, 6.45) is 0.529. The zero-order chi connectivity index (χ0) is 7.98. The van der Waals surface area contributed by atoms with Crippen molar-refractivity contribution < 1.29 is 9.59 Å². The molecule has 0 aromatic heterocycles. The van der Waals surface area contributed by atoms with Crippen LogP contribution in [0.25, 0.3) is 0 Å². The Balaban J connectivity index is 3.47. The molecule has 3 nitrogen and oxygen atoms in total. The average molecular weight is 164 g/mol. The fraction of sp³-hybridized carbons (Fsp3) is 0.667. The Morgan fingerprint density at radius 1 is 1.40 bits per heavy atom. The van der Waals surface area contributed by atoms with Crippen molar-refractivity contribution in [3.63, 3.8) is 0 Å². The number of carbonyl (C=O) groups is 2. The standard InChI is InChI=1S/C6H10ClNO2/c1-2-5(9)8-6(10)3-4-7/h2-4H2,1H3,(H,8,9,10). The van der Waals surface area contributed by atoms with Crippen LogP contribution in [0.4, 0.5) is 0 Å². The van der Waals surface area contributed by atoms with Gasteiger partial charge in [-0.25, -0.2) is 0 Å². The summed E-state index contributed by atoms with van der Waals surface area (Å²) in [5.41, 5.74) is 0. The van der Waals surface area contributed by atoms with Crippen molar-refractivity contribution in [2.45, 2.75) is 19.8 Å². The zero-order valence-corrected chi connectivity index (χ0v) is 6.57. The van der Waals surface area contributed by atoms with E-state index in [2.05, 4.69) is 5.32 Å². The van der Waals surface area contributed by atoms with Gasteiger partial charge in [0.05, 0.1) is 0 Å². The van der Waals surface area contributed by atoms with Gasteiger partial charge >= 0.3 is 0 Å². The third kappa shape index (κ3) is 4.32. The predicted octanol–water partition coefficient (Wildman–Crippen LogP) is 0.668. The largest absolute Gasteiger partial charge is 0.296 e. The molecule has 0 atom stereocenters. The van der Waals surface area contributed by atoms with Crippen molar-refractivity contribution in [1.29, 1.82) is 0 Å². The molecule has 58 valence electrons. The normalized spacial score (nSPS) is 9.00. The van der Waals surface area contributed by atoms with Crippen molar-refractivity contribution in [1.82, 2.24) is 5.32 Å². The number of amides is 2. The summed E-state index contributed by atoms with van der Waals surface area (Å²) in [5.74, 6) is -0.306. The fourth-order valence-electron chi connectivity index (χ4n) is 0.392. The maximum Gasteiger partial charge on any atom is 0.227 e. The van der Waals surface area contributed by atoms with Crippen LogP contribution >= 0.6 is 11.6 Å². The minimum absolute atomic E-state index is 0.202. The van der Waals surface area contributed by atoms with E-state index < -0.39 is 0 Å². The van der Waals surface area contributed by atoms with Crippen LogP contribution in [-0.4, -0.2) is 17.7 Å². The van der Waals surface area contributed by atoms with E-state index in [1.807, 2.05) is 0 Å². The number of nitrogens with one attached hydrogen (secondary N) is 1. The minimum atomic E-state index is -0.304. The number of alkyl halides is 1. The van der Waals surface area contributed by atoms with Crippen molar-refractivity contribution >= 4 is 23.4 Å². The molecule has 0 aliphatic carbocycles. The lowest BCUT2D eigenvalue weighted by molar-refractivity contribution is -0.130. The molecule has 1 N–H and O–H groups in total. The quantitative estimate of drug-likeness (QED) is 0.622. The molecule has 0 unspecified atom stereocenters. The molecular weight excluding hydrogens is 154 g/mol. The first-order chi connectivity index (χ1) is 4.70. The summed E-state index contributed by atoms with van der Waals surface area (Å²) in [6.45, 7) is 1.68. The van der Waals surface area contributed by atoms with Crippen LogP contribution < -0.4 is 5.32 Å². The monoisotopic (exact) mass is 163 g/mol. The van der Waals surface area contributed by atoms with E-state index in [1.54, 1.807) is 6.92 Å². The Hall–Kier alpha value is -0.570. The summed E-state index contributed by atoms with van der Waals surface area (Å²) in [5, 5.41) is 2.17. The maximum atomic E-state index is 10.6. The second kappa shape index (κ2) is 5.23. The summed E-state index contributed by atoms with van der Waals surface area (Å²) in [4.78, 5) is 21.1. The number of carbonyl (C=O) groups excluding carboxylic acids is 2. The molecule has 0 aromatic carbocycles. The van der Waals surface area contributed by atoms with Gasteiger partial charge in [0.15, 0.2) is 0 Å². The summed E-state index contributed by atoms with van der Waals surface area (Å²) in [6, 6.07) is 0. The van der Waals surface area contributed by atoms with E-state index >= 15 is 0 Å². The highest BCUT2D eigenvalue weighted by atomic mass is 35.5. The van der Waals surface area contributed by atoms with Crippen LogP contribution in [0.1, 0.15) is 19.8 Å². The van der Waals surface area contributed by atoms with Gasteiger partial charge in [0.1, 0.15) is 0 Å². The average Bonchev–Trinajstić information content (AvgIpc) is 1.88. The van der Waals surface area contributed by atoms with Gasteiger partial charge in [0.2, 0.25) is 11.8 Å². The van der Waals surface area contributed by atoms with Crippen LogP contribution in [0.5, 0.6) is 0 Å². The van der Waals surface area contributed by atoms with Gasteiger partial charge in [-0.3, -0.25) is 14.9 Å². The number of imide groups is 1. The van der Waals surface area contributed by atoms with E-state index in [4.69, 9.17) is 11.6 Å². The molecule has 0 saturated heterocycles. The van der Waals surface area contributed by atoms with Gasteiger partial charge < -0.3 is 0 Å². The minimum Gasteiger partial charge on any atom is -0.296 e. The smallest absolute Gasteiger partial charge is 0.227 e. The maximum absolute atomic E-state index is 10.6. The van der Waals surface area contributed by atoms with E-state index in [-0.39, 0.29) is 24.1 Å². The second-order valence-corrected chi connectivity index (χ2v) is 2.14. The van der Waals surface area contributed by atoms with Crippen molar-refractivity contribution in [3.05, 3.63) is 0 Å². The topological polar surface area (TPSA) is 46.2 Å². The van der Waals surface area contributed by atoms with Crippen LogP contribution in [0.2, 0.25) is 0 Å². The van der Waals surface area contributed by atoms with Crippen LogP contribution in [0.15, 0.2) is 0 Å². The molecule has 0 aromatic rings. The molecule has 0 spiro atoms. The highest BCUT2D eigenvalue weighted by Gasteiger charge is 2.02. The van der Waals surface area contributed by atoms with E-state index in [1.165, 1.54) is 0 Å². The van der Waals surface area contributed by atoms with Gasteiger partial charge in [-0.05, 0) is 0 Å². The Morgan fingerprint density at radius 3 is 2.40 bits per heavy atom. The van der Waals surface area contributed by atoms with Crippen LogP contribution in [0, 0.1) is 0 Å². The Labute approximate surface area is 64.7 Å². The number of hydrogen-bond donors (Lipinski definition) is 1. The lowest BCUT2D eigenvalue weighted by Crippen LogP contribution is -2.29. The highest BCUT2D eigenvalue weighted by molar-refractivity contribution is 6.19. The number of hydrogen-bond acceptors (Lipinski definition) is 2. The fourth-order valence-corrected chi connectivity index (χ4v) is 0.564. The molecule has 10 heavy (non-hydrogen) atoms. The van der Waals surface area contributed by atoms with Gasteiger partial charge in [0.25, 0.3) is 0 Å². The molecule has 0 aliphatic heterocycles. The van der Waals surface area contributed by atoms with Crippen LogP contribution in [0.3, 0.4) is 0 Å². The molecule has 0 fully saturated rings.